The normalized spacial score (nSPS) is 21.2. The van der Waals surface area contributed by atoms with Gasteiger partial charge in [0.2, 0.25) is 5.91 Å². The Morgan fingerprint density at radius 1 is 1.39 bits per heavy atom. The van der Waals surface area contributed by atoms with Gasteiger partial charge in [-0.05, 0) is 33.8 Å². The molecule has 1 heterocycles. The lowest BCUT2D eigenvalue weighted by molar-refractivity contribution is -0.123. The molecule has 18 heavy (non-hydrogen) atoms. The number of fused-ring (bicyclic) bond motifs is 1. The third-order valence-corrected chi connectivity index (χ3v) is 3.42. The number of hydrogen-bond acceptors (Lipinski definition) is 3. The van der Waals surface area contributed by atoms with Crippen LogP contribution in [0.15, 0.2) is 24.3 Å². The molecule has 0 spiro atoms. The van der Waals surface area contributed by atoms with Crippen LogP contribution in [0.1, 0.15) is 39.3 Å². The molecule has 1 unspecified atom stereocenters. The largest absolute Gasteiger partial charge is 0.486 e. The number of ether oxygens (including phenoxy) is 1. The summed E-state index contributed by atoms with van der Waals surface area (Å²) in [5.74, 6) is 0.489. The molecule has 0 radical (unpaired) electrons. The average Bonchev–Trinajstić information content (AvgIpc) is 2.50. The van der Waals surface area contributed by atoms with Gasteiger partial charge in [0.05, 0.1) is 11.6 Å². The van der Waals surface area contributed by atoms with E-state index in [1.54, 1.807) is 13.8 Å². The first-order valence-corrected chi connectivity index (χ1v) is 6.09. The van der Waals surface area contributed by atoms with E-state index in [1.807, 2.05) is 38.1 Å². The molecule has 4 heteroatoms. The van der Waals surface area contributed by atoms with Crippen LogP contribution >= 0.6 is 0 Å². The highest BCUT2D eigenvalue weighted by atomic mass is 16.5. The Labute approximate surface area is 108 Å². The lowest BCUT2D eigenvalue weighted by atomic mass is 9.91. The second-order valence-corrected chi connectivity index (χ2v) is 5.81. The zero-order valence-corrected chi connectivity index (χ0v) is 11.3. The Balaban J connectivity index is 2.35. The number of carbonyl (C=O) groups is 1. The van der Waals surface area contributed by atoms with Crippen LogP contribution in [0.25, 0.3) is 0 Å². The van der Waals surface area contributed by atoms with E-state index < -0.39 is 11.1 Å². The average molecular weight is 248 g/mol. The van der Waals surface area contributed by atoms with Gasteiger partial charge in [-0.1, -0.05) is 18.2 Å². The van der Waals surface area contributed by atoms with E-state index in [-0.39, 0.29) is 11.9 Å². The molecular weight excluding hydrogens is 228 g/mol. The van der Waals surface area contributed by atoms with Gasteiger partial charge in [0.1, 0.15) is 11.4 Å². The fourth-order valence-electron chi connectivity index (χ4n) is 2.21. The third kappa shape index (κ3) is 2.08. The van der Waals surface area contributed by atoms with Crippen molar-refractivity contribution in [1.29, 1.82) is 0 Å². The number of nitrogens with two attached hydrogens (primary N) is 1. The van der Waals surface area contributed by atoms with E-state index in [4.69, 9.17) is 10.5 Å². The van der Waals surface area contributed by atoms with Gasteiger partial charge in [-0.2, -0.15) is 0 Å². The van der Waals surface area contributed by atoms with Crippen LogP contribution in [0.3, 0.4) is 0 Å². The van der Waals surface area contributed by atoms with Crippen LogP contribution in [-0.2, 0) is 4.79 Å². The highest BCUT2D eigenvalue weighted by molar-refractivity contribution is 5.83. The van der Waals surface area contributed by atoms with Crippen molar-refractivity contribution in [3.63, 3.8) is 0 Å². The maximum Gasteiger partial charge on any atom is 0.237 e. The molecule has 1 aromatic rings. The fourth-order valence-corrected chi connectivity index (χ4v) is 2.21. The molecule has 0 saturated carbocycles. The highest BCUT2D eigenvalue weighted by Gasteiger charge is 2.44. The number of carbonyl (C=O) groups excluding carboxylic acids is 1. The molecule has 1 aliphatic rings. The number of nitrogens with one attached hydrogen (secondary N) is 1. The number of para-hydroxylation sites is 1. The lowest BCUT2D eigenvalue weighted by Gasteiger charge is -2.33. The summed E-state index contributed by atoms with van der Waals surface area (Å²) in [6, 6.07) is 7.80. The standard InChI is InChI=1S/C14H20N2O2/c1-13(2,12(15)17)16-11-9-7-5-6-8-10(9)18-14(11,3)4/h5-8,11,16H,1-4H3,(H2,15,17). The van der Waals surface area contributed by atoms with Gasteiger partial charge in [-0.25, -0.2) is 0 Å². The predicted octanol–water partition coefficient (Wildman–Crippen LogP) is 1.75. The first-order valence-electron chi connectivity index (χ1n) is 6.09. The van der Waals surface area contributed by atoms with E-state index in [1.165, 1.54) is 0 Å². The van der Waals surface area contributed by atoms with E-state index in [0.29, 0.717) is 0 Å². The minimum absolute atomic E-state index is 0.0591. The Kier molecular flexibility index (Phi) is 2.86. The Bertz CT molecular complexity index is 480. The van der Waals surface area contributed by atoms with Crippen molar-refractivity contribution in [2.75, 3.05) is 0 Å². The van der Waals surface area contributed by atoms with Crippen molar-refractivity contribution in [2.45, 2.75) is 44.9 Å². The third-order valence-electron chi connectivity index (χ3n) is 3.42. The second kappa shape index (κ2) is 3.99. The van der Waals surface area contributed by atoms with Gasteiger partial charge in [0.25, 0.3) is 0 Å². The first-order chi connectivity index (χ1) is 8.24. The van der Waals surface area contributed by atoms with Crippen molar-refractivity contribution in [3.8, 4) is 5.75 Å². The van der Waals surface area contributed by atoms with Crippen molar-refractivity contribution in [3.05, 3.63) is 29.8 Å². The van der Waals surface area contributed by atoms with Crippen LogP contribution < -0.4 is 15.8 Å². The monoisotopic (exact) mass is 248 g/mol. The quantitative estimate of drug-likeness (QED) is 0.856. The Hall–Kier alpha value is -1.55. The summed E-state index contributed by atoms with van der Waals surface area (Å²) < 4.78 is 5.92. The molecule has 0 saturated heterocycles. The van der Waals surface area contributed by atoms with Gasteiger partial charge in [0, 0.05) is 5.56 Å². The zero-order valence-electron chi connectivity index (χ0n) is 11.3. The molecule has 1 atom stereocenters. The summed E-state index contributed by atoms with van der Waals surface area (Å²) in [4.78, 5) is 11.5. The summed E-state index contributed by atoms with van der Waals surface area (Å²) in [7, 11) is 0. The van der Waals surface area contributed by atoms with Gasteiger partial charge in [0.15, 0.2) is 0 Å². The molecule has 1 aliphatic heterocycles. The molecule has 0 aromatic heterocycles. The minimum atomic E-state index is -0.775. The maximum atomic E-state index is 11.5. The summed E-state index contributed by atoms with van der Waals surface area (Å²) in [5.41, 5.74) is 5.30. The molecule has 1 aromatic carbocycles. The summed E-state index contributed by atoms with van der Waals surface area (Å²) in [5, 5.41) is 3.30. The van der Waals surface area contributed by atoms with Gasteiger partial charge < -0.3 is 10.5 Å². The van der Waals surface area contributed by atoms with Gasteiger partial charge in [-0.3, -0.25) is 10.1 Å². The van der Waals surface area contributed by atoms with E-state index in [2.05, 4.69) is 5.32 Å². The van der Waals surface area contributed by atoms with Crippen molar-refractivity contribution in [2.24, 2.45) is 5.73 Å². The van der Waals surface area contributed by atoms with Crippen LogP contribution in [0.2, 0.25) is 0 Å². The van der Waals surface area contributed by atoms with Crippen molar-refractivity contribution in [1.82, 2.24) is 5.32 Å². The van der Waals surface area contributed by atoms with Gasteiger partial charge in [-0.15, -0.1) is 0 Å². The number of rotatable bonds is 3. The molecular formula is C14H20N2O2. The van der Waals surface area contributed by atoms with Crippen LogP contribution in [0, 0.1) is 0 Å². The van der Waals surface area contributed by atoms with Crippen LogP contribution in [0.5, 0.6) is 5.75 Å². The van der Waals surface area contributed by atoms with Crippen molar-refractivity contribution >= 4 is 5.91 Å². The molecule has 3 N–H and O–H groups in total. The number of benzene rings is 1. The molecule has 0 fully saturated rings. The highest BCUT2D eigenvalue weighted by Crippen LogP contribution is 2.43. The topological polar surface area (TPSA) is 64.3 Å². The first kappa shape index (κ1) is 12.9. The number of primary amides is 1. The maximum absolute atomic E-state index is 11.5. The number of hydrogen-bond donors (Lipinski definition) is 2. The molecule has 0 aliphatic carbocycles. The molecule has 1 amide bonds. The molecule has 2 rings (SSSR count). The van der Waals surface area contributed by atoms with E-state index in [0.717, 1.165) is 11.3 Å². The second-order valence-electron chi connectivity index (χ2n) is 5.81. The minimum Gasteiger partial charge on any atom is -0.486 e. The molecule has 4 nitrogen and oxygen atoms in total. The fraction of sp³-hybridized carbons (Fsp3) is 0.500. The lowest BCUT2D eigenvalue weighted by Crippen LogP contribution is -2.55. The van der Waals surface area contributed by atoms with Gasteiger partial charge >= 0.3 is 0 Å². The molecule has 98 valence electrons. The molecule has 0 bridgehead atoms. The predicted molar refractivity (Wildman–Crippen MR) is 70.3 cm³/mol. The van der Waals surface area contributed by atoms with E-state index >= 15 is 0 Å². The summed E-state index contributed by atoms with van der Waals surface area (Å²) in [6.45, 7) is 7.57. The number of amides is 1. The van der Waals surface area contributed by atoms with Crippen LogP contribution in [0.4, 0.5) is 0 Å². The summed E-state index contributed by atoms with van der Waals surface area (Å²) in [6.07, 6.45) is 0. The zero-order chi connectivity index (χ0) is 13.6. The Morgan fingerprint density at radius 3 is 2.61 bits per heavy atom. The van der Waals surface area contributed by atoms with E-state index in [9.17, 15) is 4.79 Å². The smallest absolute Gasteiger partial charge is 0.237 e. The van der Waals surface area contributed by atoms with Crippen LogP contribution in [-0.4, -0.2) is 17.0 Å². The SMILES string of the molecule is CC(C)(NC1c2ccccc2OC1(C)C)C(N)=O. The van der Waals surface area contributed by atoms with Crippen molar-refractivity contribution < 1.29 is 9.53 Å². The summed E-state index contributed by atoms with van der Waals surface area (Å²) >= 11 is 0. The Morgan fingerprint density at radius 2 is 2.00 bits per heavy atom.